The molecule has 510 valence electrons. The summed E-state index contributed by atoms with van der Waals surface area (Å²) in [5.41, 5.74) is 4.48. The van der Waals surface area contributed by atoms with E-state index in [2.05, 4.69) is 94.9 Å². The number of carbonyl (C=O) groups excluding carboxylic acids is 3. The van der Waals surface area contributed by atoms with Crippen molar-refractivity contribution in [2.45, 2.75) is 42.4 Å². The minimum absolute atomic E-state index is 0.0394. The highest BCUT2D eigenvalue weighted by molar-refractivity contribution is 7.93. The predicted octanol–water partition coefficient (Wildman–Crippen LogP) is 11.4. The highest BCUT2D eigenvalue weighted by atomic mass is 35.5. The number of aromatic nitrogens is 13. The number of aryl methyl sites for hydroxylation is 4. The lowest BCUT2D eigenvalue weighted by Gasteiger charge is -2.11. The molecule has 0 saturated heterocycles. The molecular formula is C70H56ClN19O9S3. The molecule has 0 saturated carbocycles. The summed E-state index contributed by atoms with van der Waals surface area (Å²) in [6.45, 7) is 6.79. The number of hydrogen-bond donors (Lipinski definition) is 6. The van der Waals surface area contributed by atoms with Crippen LogP contribution in [-0.4, -0.2) is 108 Å². The molecule has 0 radical (unpaired) electrons. The first kappa shape index (κ1) is 70.5. The Bertz CT molecular complexity index is 5370. The summed E-state index contributed by atoms with van der Waals surface area (Å²) in [6.07, 6.45) is 6.41. The summed E-state index contributed by atoms with van der Waals surface area (Å²) in [5, 5.41) is 8.74. The molecule has 32 heteroatoms. The number of carbonyl (C=O) groups is 3. The van der Waals surface area contributed by atoms with Crippen LogP contribution in [0.3, 0.4) is 0 Å². The molecule has 7 heterocycles. The molecule has 0 atom stereocenters. The average Bonchev–Trinajstić information content (AvgIpc) is 0.786. The van der Waals surface area contributed by atoms with Crippen molar-refractivity contribution in [1.82, 2.24) is 64.8 Å². The Hall–Kier alpha value is -12.8. The SMILES string of the molecule is Cc1nc(NC(=O)c2ccc(NS(=O)(=O)c3cccc4cccnc34)cc2)nc(-c2ccccn2)n1.Cc1nc(NC(=O)c2ccc(NS(=O)(=O)c3ccccc3C)cc2)nc(-c2ccccn2)n1.Cc1nc(NC(=O)c2ccc(NS(=O)(=O)c3ccccc3Cl)cc2)nc(-c2ccccn2)n1. The summed E-state index contributed by atoms with van der Waals surface area (Å²) >= 11 is 5.99. The van der Waals surface area contributed by atoms with E-state index in [4.69, 9.17) is 11.6 Å². The van der Waals surface area contributed by atoms with Crippen molar-refractivity contribution in [3.05, 3.63) is 276 Å². The molecule has 0 aliphatic heterocycles. The van der Waals surface area contributed by atoms with Gasteiger partial charge in [-0.15, -0.1) is 0 Å². The lowest BCUT2D eigenvalue weighted by molar-refractivity contribution is 0.101. The van der Waals surface area contributed by atoms with Gasteiger partial charge in [0, 0.05) is 63.9 Å². The van der Waals surface area contributed by atoms with E-state index in [1.54, 1.807) is 150 Å². The summed E-state index contributed by atoms with van der Waals surface area (Å²) in [7, 11) is -11.5. The monoisotopic (exact) mass is 1440 g/mol. The number of sulfonamides is 3. The Labute approximate surface area is 589 Å². The molecule has 0 bridgehead atoms. The van der Waals surface area contributed by atoms with Gasteiger partial charge in [0.05, 0.1) is 15.4 Å². The van der Waals surface area contributed by atoms with E-state index in [0.717, 1.165) is 0 Å². The van der Waals surface area contributed by atoms with Crippen LogP contribution in [0.1, 0.15) is 54.1 Å². The molecular weight excluding hydrogens is 1380 g/mol. The molecule has 0 spiro atoms. The van der Waals surface area contributed by atoms with Crippen LogP contribution in [0.15, 0.2) is 246 Å². The number of hydrogen-bond acceptors (Lipinski definition) is 22. The standard InChI is InChI=1S/C25H19N7O3S.C23H20N6O3S.C22H17ClN6O3S/c1-16-28-23(20-8-2-3-14-26-20)30-25(29-16)31-24(33)18-10-12-19(13-11-18)32-36(34,35)21-9-4-6-17-7-5-15-27-22(17)21;1-15-7-3-4-9-20(15)33(31,32)29-18-12-10-17(11-13-18)22(30)28-23-26-16(2)25-21(27-23)19-8-5-6-14-24-19;1-14-25-20(18-7-4-5-13-24-18)27-22(26-14)28-21(30)15-9-11-16(12-10-15)29-33(31,32)19-8-3-2-6-17(19)23/h2-15,32H,1H3,(H,28,29,30,31,33);3-14,29H,1-2H3,(H,25,26,27,28,30);2-13,29H,1H3,(H,25,26,27,28,30). The lowest BCUT2D eigenvalue weighted by Crippen LogP contribution is -2.16. The number of amides is 3. The van der Waals surface area contributed by atoms with Crippen LogP contribution in [0.5, 0.6) is 0 Å². The Morgan fingerprint density at radius 2 is 0.657 bits per heavy atom. The van der Waals surface area contributed by atoms with Crippen LogP contribution in [0.2, 0.25) is 5.02 Å². The van der Waals surface area contributed by atoms with Crippen molar-refractivity contribution < 1.29 is 39.6 Å². The van der Waals surface area contributed by atoms with E-state index < -0.39 is 47.8 Å². The van der Waals surface area contributed by atoms with E-state index in [9.17, 15) is 39.6 Å². The average molecular weight is 1440 g/mol. The summed E-state index contributed by atoms with van der Waals surface area (Å²) in [6, 6.07) is 55.3. The smallest absolute Gasteiger partial charge is 0.264 e. The first-order valence-electron chi connectivity index (χ1n) is 30.4. The minimum Gasteiger partial charge on any atom is -0.290 e. The second kappa shape index (κ2) is 31.4. The van der Waals surface area contributed by atoms with Gasteiger partial charge in [-0.05, 0) is 173 Å². The zero-order chi connectivity index (χ0) is 72.0. The molecule has 7 aromatic heterocycles. The third-order valence-corrected chi connectivity index (χ3v) is 19.0. The van der Waals surface area contributed by atoms with E-state index in [1.165, 1.54) is 97.1 Å². The predicted molar refractivity (Wildman–Crippen MR) is 383 cm³/mol. The Morgan fingerprint density at radius 3 is 1.04 bits per heavy atom. The summed E-state index contributed by atoms with van der Waals surface area (Å²) in [4.78, 5) is 93.2. The number of halogens is 1. The van der Waals surface area contributed by atoms with Crippen LogP contribution in [0, 0.1) is 27.7 Å². The van der Waals surface area contributed by atoms with Gasteiger partial charge in [-0.25, -0.2) is 40.2 Å². The van der Waals surface area contributed by atoms with E-state index in [-0.39, 0.29) is 48.8 Å². The van der Waals surface area contributed by atoms with Crippen molar-refractivity contribution in [3.8, 4) is 34.6 Å². The summed E-state index contributed by atoms with van der Waals surface area (Å²) in [5.74, 6) is 1.19. The topological polar surface area (TPSA) is 393 Å². The quantitative estimate of drug-likeness (QED) is 0.0465. The van der Waals surface area contributed by atoms with Gasteiger partial charge in [-0.2, -0.15) is 29.9 Å². The fraction of sp³-hybridized carbons (Fsp3) is 0.0571. The van der Waals surface area contributed by atoms with Gasteiger partial charge in [-0.3, -0.25) is 64.4 Å². The van der Waals surface area contributed by atoms with E-state index in [1.807, 2.05) is 12.1 Å². The molecule has 0 aliphatic carbocycles. The molecule has 13 rings (SSSR count). The first-order valence-corrected chi connectivity index (χ1v) is 35.2. The van der Waals surface area contributed by atoms with Gasteiger partial charge in [-0.1, -0.05) is 78.3 Å². The van der Waals surface area contributed by atoms with Gasteiger partial charge in [0.25, 0.3) is 47.8 Å². The summed E-state index contributed by atoms with van der Waals surface area (Å²) < 4.78 is 83.9. The van der Waals surface area contributed by atoms with Crippen LogP contribution < -0.4 is 30.1 Å². The Balaban J connectivity index is 0.000000154. The maximum absolute atomic E-state index is 13.0. The lowest BCUT2D eigenvalue weighted by atomic mass is 10.2. The molecule has 13 aromatic rings. The minimum atomic E-state index is -3.90. The van der Waals surface area contributed by atoms with Crippen molar-refractivity contribution in [2.24, 2.45) is 0 Å². The number of pyridine rings is 4. The molecule has 0 unspecified atom stereocenters. The maximum atomic E-state index is 13.0. The Morgan fingerprint density at radius 1 is 0.324 bits per heavy atom. The van der Waals surface area contributed by atoms with Crippen LogP contribution in [0.25, 0.3) is 45.5 Å². The molecule has 0 fully saturated rings. The number of benzene rings is 6. The van der Waals surface area contributed by atoms with E-state index >= 15 is 0 Å². The van der Waals surface area contributed by atoms with Gasteiger partial charge in [0.1, 0.15) is 44.3 Å². The van der Waals surface area contributed by atoms with Crippen molar-refractivity contribution in [1.29, 1.82) is 0 Å². The number of nitrogens with one attached hydrogen (secondary N) is 6. The van der Waals surface area contributed by atoms with Crippen LogP contribution in [0.4, 0.5) is 34.9 Å². The van der Waals surface area contributed by atoms with Crippen molar-refractivity contribution in [2.75, 3.05) is 30.1 Å². The fourth-order valence-corrected chi connectivity index (χ4v) is 13.6. The number of fused-ring (bicyclic) bond motifs is 1. The number of para-hydroxylation sites is 1. The van der Waals surface area contributed by atoms with Gasteiger partial charge >= 0.3 is 0 Å². The molecule has 102 heavy (non-hydrogen) atoms. The Kier molecular flexibility index (Phi) is 21.7. The third kappa shape index (κ3) is 18.1. The molecule has 3 amide bonds. The van der Waals surface area contributed by atoms with Crippen molar-refractivity contribution in [3.63, 3.8) is 0 Å². The first-order chi connectivity index (χ1) is 49.0. The largest absolute Gasteiger partial charge is 0.290 e. The van der Waals surface area contributed by atoms with Gasteiger partial charge in [0.2, 0.25) is 17.8 Å². The third-order valence-electron chi connectivity index (χ3n) is 14.2. The fourth-order valence-electron chi connectivity index (χ4n) is 9.48. The molecule has 0 aliphatic rings. The maximum Gasteiger partial charge on any atom is 0.264 e. The van der Waals surface area contributed by atoms with E-state index in [0.29, 0.717) is 91.0 Å². The second-order valence-electron chi connectivity index (χ2n) is 21.7. The normalized spacial score (nSPS) is 11.1. The zero-order valence-electron chi connectivity index (χ0n) is 54.0. The molecule has 6 N–H and O–H groups in total. The van der Waals surface area contributed by atoms with Crippen LogP contribution in [-0.2, 0) is 30.1 Å². The number of nitrogens with zero attached hydrogens (tertiary/aromatic N) is 13. The molecule has 28 nitrogen and oxygen atoms in total. The van der Waals surface area contributed by atoms with Crippen molar-refractivity contribution >= 4 is 105 Å². The van der Waals surface area contributed by atoms with Gasteiger partial charge in [0.15, 0.2) is 17.5 Å². The highest BCUT2D eigenvalue weighted by Gasteiger charge is 2.23. The van der Waals surface area contributed by atoms with Crippen LogP contribution >= 0.6 is 11.6 Å². The second-order valence-corrected chi connectivity index (χ2v) is 27.0. The number of rotatable bonds is 18. The number of anilines is 6. The molecule has 6 aromatic carbocycles. The zero-order valence-corrected chi connectivity index (χ0v) is 57.2. The highest BCUT2D eigenvalue weighted by Crippen LogP contribution is 2.27. The van der Waals surface area contributed by atoms with Gasteiger partial charge < -0.3 is 0 Å².